The topological polar surface area (TPSA) is 3.24 Å². The zero-order chi connectivity index (χ0) is 19.4. The van der Waals surface area contributed by atoms with Gasteiger partial charge in [0.25, 0.3) is 0 Å². The lowest BCUT2D eigenvalue weighted by Gasteiger charge is -2.21. The normalized spacial score (nSPS) is 10.7. The van der Waals surface area contributed by atoms with Crippen LogP contribution >= 0.6 is 23.2 Å². The second-order valence-corrected chi connectivity index (χ2v) is 7.26. The summed E-state index contributed by atoms with van der Waals surface area (Å²) in [5.41, 5.74) is 4.31. The summed E-state index contributed by atoms with van der Waals surface area (Å²) in [7, 11) is 0. The van der Waals surface area contributed by atoms with E-state index in [2.05, 4.69) is 61.7 Å². The van der Waals surface area contributed by atoms with Crippen molar-refractivity contribution in [2.45, 2.75) is 13.8 Å². The third-order valence-corrected chi connectivity index (χ3v) is 5.29. The van der Waals surface area contributed by atoms with Crippen LogP contribution in [0.3, 0.4) is 0 Å². The maximum atomic E-state index is 6.55. The first-order valence-corrected chi connectivity index (χ1v) is 9.89. The highest BCUT2D eigenvalue weighted by Gasteiger charge is 2.12. The highest BCUT2D eigenvalue weighted by atomic mass is 35.5. The molecule has 0 radical (unpaired) electrons. The van der Waals surface area contributed by atoms with Gasteiger partial charge in [-0.15, -0.1) is 0 Å². The van der Waals surface area contributed by atoms with Crippen molar-refractivity contribution in [2.24, 2.45) is 0 Å². The van der Waals surface area contributed by atoms with Crippen LogP contribution in [-0.4, -0.2) is 13.1 Å². The third kappa shape index (κ3) is 4.37. The lowest BCUT2D eigenvalue weighted by molar-refractivity contribution is 0.866. The molecule has 0 aliphatic heterocycles. The predicted octanol–water partition coefficient (Wildman–Crippen LogP) is 5.50. The van der Waals surface area contributed by atoms with Crippen molar-refractivity contribution >= 4 is 41.0 Å². The van der Waals surface area contributed by atoms with Crippen LogP contribution in [0.25, 0.3) is 12.2 Å². The van der Waals surface area contributed by atoms with Crippen molar-refractivity contribution in [3.05, 3.63) is 98.3 Å². The van der Waals surface area contributed by atoms with E-state index in [1.165, 1.54) is 5.69 Å². The quantitative estimate of drug-likeness (QED) is 0.551. The highest BCUT2D eigenvalue weighted by Crippen LogP contribution is 2.31. The van der Waals surface area contributed by atoms with Gasteiger partial charge in [0.1, 0.15) is 0 Å². The molecule has 0 saturated carbocycles. The van der Waals surface area contributed by atoms with Crippen LogP contribution < -0.4 is 15.3 Å². The lowest BCUT2D eigenvalue weighted by atomic mass is 9.95. The molecule has 0 atom stereocenters. The van der Waals surface area contributed by atoms with E-state index in [0.29, 0.717) is 10.0 Å². The Morgan fingerprint density at radius 1 is 0.852 bits per heavy atom. The van der Waals surface area contributed by atoms with Gasteiger partial charge in [0.2, 0.25) is 0 Å². The Kier molecular flexibility index (Phi) is 6.26. The van der Waals surface area contributed by atoms with Crippen molar-refractivity contribution in [1.29, 1.82) is 0 Å². The van der Waals surface area contributed by atoms with Gasteiger partial charge in [-0.3, -0.25) is 0 Å². The number of hydrogen-bond donors (Lipinski definition) is 0. The monoisotopic (exact) mass is 395 g/mol. The molecule has 0 N–H and O–H groups in total. The average molecular weight is 396 g/mol. The molecule has 138 valence electrons. The number of halogens is 2. The van der Waals surface area contributed by atoms with Crippen LogP contribution in [0.5, 0.6) is 0 Å². The molecule has 1 nitrogen and oxygen atoms in total. The summed E-state index contributed by atoms with van der Waals surface area (Å²) in [6, 6.07) is 22.4. The van der Waals surface area contributed by atoms with Crippen LogP contribution in [0, 0.1) is 0 Å². The second kappa shape index (κ2) is 8.65. The van der Waals surface area contributed by atoms with Crippen molar-refractivity contribution in [3.8, 4) is 0 Å². The van der Waals surface area contributed by atoms with Crippen LogP contribution in [0.15, 0.2) is 66.7 Å². The Balaban J connectivity index is 2.23. The number of anilines is 1. The van der Waals surface area contributed by atoms with Crippen molar-refractivity contribution < 1.29 is 0 Å². The van der Waals surface area contributed by atoms with Gasteiger partial charge in [-0.05, 0) is 65.8 Å². The van der Waals surface area contributed by atoms with E-state index < -0.39 is 0 Å². The van der Waals surface area contributed by atoms with Crippen molar-refractivity contribution in [3.63, 3.8) is 0 Å². The summed E-state index contributed by atoms with van der Waals surface area (Å²) in [5.74, 6) is 0. The Labute approximate surface area is 171 Å². The fourth-order valence-corrected chi connectivity index (χ4v) is 3.65. The zero-order valence-corrected chi connectivity index (χ0v) is 17.2. The number of hydrogen-bond acceptors (Lipinski definition) is 1. The Morgan fingerprint density at radius 2 is 1.48 bits per heavy atom. The molecule has 0 aliphatic carbocycles. The molecule has 3 aromatic rings. The number of nitrogens with zero attached hydrogens (tertiary/aromatic N) is 1. The van der Waals surface area contributed by atoms with Gasteiger partial charge < -0.3 is 4.90 Å². The van der Waals surface area contributed by atoms with Gasteiger partial charge in [-0.25, -0.2) is 0 Å². The van der Waals surface area contributed by atoms with Crippen LogP contribution in [0.1, 0.15) is 25.0 Å². The standard InChI is InChI=1S/C24H23Cl2N/c1-4-27(5-2)21-13-10-19(11-14-21)24(18-8-6-17(3)7-9-18)22-16-20(25)12-15-23(22)26/h6-16H,3-5H2,1-2H3. The molecule has 0 spiro atoms. The molecule has 3 heteroatoms. The summed E-state index contributed by atoms with van der Waals surface area (Å²) >= 11 is 12.8. The molecule has 0 unspecified atom stereocenters. The zero-order valence-electron chi connectivity index (χ0n) is 15.7. The molecule has 3 aromatic carbocycles. The van der Waals surface area contributed by atoms with Crippen molar-refractivity contribution in [1.82, 2.24) is 0 Å². The Bertz CT molecular complexity index is 1010. The fraction of sp³-hybridized carbons (Fsp3) is 0.167. The molecule has 0 saturated heterocycles. The van der Waals surface area contributed by atoms with Gasteiger partial charge >= 0.3 is 0 Å². The summed E-state index contributed by atoms with van der Waals surface area (Å²) in [5, 5.41) is 3.41. The second-order valence-electron chi connectivity index (χ2n) is 6.42. The maximum Gasteiger partial charge on any atom is 0.0485 e. The van der Waals surface area contributed by atoms with E-state index in [-0.39, 0.29) is 0 Å². The fourth-order valence-electron chi connectivity index (χ4n) is 3.27. The lowest BCUT2D eigenvalue weighted by Crippen LogP contribution is -2.21. The molecule has 0 amide bonds. The molecule has 0 fully saturated rings. The highest BCUT2D eigenvalue weighted by molar-refractivity contribution is 6.34. The van der Waals surface area contributed by atoms with Gasteiger partial charge in [0.05, 0.1) is 0 Å². The van der Waals surface area contributed by atoms with Gasteiger partial charge in [-0.1, -0.05) is 66.2 Å². The largest absolute Gasteiger partial charge is 0.372 e. The van der Waals surface area contributed by atoms with E-state index in [4.69, 9.17) is 23.2 Å². The van der Waals surface area contributed by atoms with Crippen molar-refractivity contribution in [2.75, 3.05) is 18.0 Å². The maximum absolute atomic E-state index is 6.55. The first kappa shape index (κ1) is 19.5. The molecule has 0 aliphatic rings. The average Bonchev–Trinajstić information content (AvgIpc) is 2.68. The van der Waals surface area contributed by atoms with E-state index in [9.17, 15) is 0 Å². The molecule has 0 bridgehead atoms. The minimum atomic E-state index is 0.667. The first-order chi connectivity index (χ1) is 13.0. The molecule has 27 heavy (non-hydrogen) atoms. The van der Waals surface area contributed by atoms with Crippen LogP contribution in [0.4, 0.5) is 5.69 Å². The van der Waals surface area contributed by atoms with Crippen LogP contribution in [-0.2, 0) is 0 Å². The molecular formula is C24H23Cl2N. The Morgan fingerprint density at radius 3 is 2.07 bits per heavy atom. The van der Waals surface area contributed by atoms with E-state index >= 15 is 0 Å². The minimum absolute atomic E-state index is 0.667. The summed E-state index contributed by atoms with van der Waals surface area (Å²) in [4.78, 5) is 2.33. The molecule has 3 rings (SSSR count). The number of benzene rings is 3. The summed E-state index contributed by atoms with van der Waals surface area (Å²) in [6.45, 7) is 10.3. The van der Waals surface area contributed by atoms with E-state index in [1.54, 1.807) is 0 Å². The van der Waals surface area contributed by atoms with E-state index in [0.717, 1.165) is 40.2 Å². The van der Waals surface area contributed by atoms with Gasteiger partial charge in [-0.2, -0.15) is 0 Å². The first-order valence-electron chi connectivity index (χ1n) is 9.13. The smallest absolute Gasteiger partial charge is 0.0485 e. The van der Waals surface area contributed by atoms with Gasteiger partial charge in [0.15, 0.2) is 0 Å². The summed E-state index contributed by atoms with van der Waals surface area (Å²) < 4.78 is 0. The number of rotatable bonds is 5. The molecule has 0 heterocycles. The molecule has 0 aromatic heterocycles. The van der Waals surface area contributed by atoms with Gasteiger partial charge in [0, 0.05) is 34.4 Å². The summed E-state index contributed by atoms with van der Waals surface area (Å²) in [6.07, 6.45) is 0. The minimum Gasteiger partial charge on any atom is -0.372 e. The van der Waals surface area contributed by atoms with Crippen LogP contribution in [0.2, 0.25) is 10.0 Å². The van der Waals surface area contributed by atoms with E-state index in [1.807, 2.05) is 30.3 Å². The molecular weight excluding hydrogens is 373 g/mol. The third-order valence-electron chi connectivity index (χ3n) is 4.72. The SMILES string of the molecule is C=c1ccc(=C(c2ccc(N(CC)CC)cc2)c2cc(Cl)ccc2Cl)cc1. The predicted molar refractivity (Wildman–Crippen MR) is 119 cm³/mol. The Hall–Kier alpha value is -2.22.